The normalized spacial score (nSPS) is 20.3. The van der Waals surface area contributed by atoms with E-state index in [1.54, 1.807) is 33.1 Å². The van der Waals surface area contributed by atoms with E-state index in [0.717, 1.165) is 32.7 Å². The van der Waals surface area contributed by atoms with Gasteiger partial charge in [-0.2, -0.15) is 20.7 Å². The van der Waals surface area contributed by atoms with E-state index in [1.165, 1.54) is 27.3 Å². The van der Waals surface area contributed by atoms with Gasteiger partial charge in [0.2, 0.25) is 4.77 Å². The smallest absolute Gasteiger partial charge is 0.225 e. The molecule has 1 fully saturated rings. The number of quaternary nitrogens is 2. The zero-order valence-electron chi connectivity index (χ0n) is 14.3. The number of benzene rings is 1. The SMILES string of the molecule is Fc1cccc(-n2nnn(C[NH+]3CC[NH+](Cc4ccsc4)CC3)c2=S)c1. The Morgan fingerprint density at radius 2 is 1.92 bits per heavy atom. The van der Waals surface area contributed by atoms with Crippen molar-refractivity contribution in [2.45, 2.75) is 13.2 Å². The maximum Gasteiger partial charge on any atom is 0.225 e. The van der Waals surface area contributed by atoms with Gasteiger partial charge in [-0.05, 0) is 57.7 Å². The van der Waals surface area contributed by atoms with Crippen LogP contribution in [-0.4, -0.2) is 46.0 Å². The van der Waals surface area contributed by atoms with E-state index in [0.29, 0.717) is 17.1 Å². The first-order valence-electron chi connectivity index (χ1n) is 8.66. The van der Waals surface area contributed by atoms with Gasteiger partial charge >= 0.3 is 0 Å². The van der Waals surface area contributed by atoms with Gasteiger partial charge in [-0.25, -0.2) is 4.39 Å². The molecule has 9 heteroatoms. The predicted molar refractivity (Wildman–Crippen MR) is 99.6 cm³/mol. The van der Waals surface area contributed by atoms with Crippen molar-refractivity contribution in [2.75, 3.05) is 26.2 Å². The summed E-state index contributed by atoms with van der Waals surface area (Å²) in [4.78, 5) is 3.07. The van der Waals surface area contributed by atoms with Gasteiger partial charge in [-0.1, -0.05) is 6.07 Å². The van der Waals surface area contributed by atoms with Crippen LogP contribution in [0.2, 0.25) is 0 Å². The molecule has 1 saturated heterocycles. The van der Waals surface area contributed by atoms with Crippen LogP contribution in [0.5, 0.6) is 0 Å². The number of thiophene rings is 1. The zero-order valence-corrected chi connectivity index (χ0v) is 15.9. The summed E-state index contributed by atoms with van der Waals surface area (Å²) in [7, 11) is 0. The van der Waals surface area contributed by atoms with E-state index in [-0.39, 0.29) is 5.82 Å². The summed E-state index contributed by atoms with van der Waals surface area (Å²) in [5, 5.41) is 12.6. The summed E-state index contributed by atoms with van der Waals surface area (Å²) in [6.07, 6.45) is 0. The molecular weight excluding hydrogens is 371 g/mol. The molecule has 0 spiro atoms. The molecule has 0 saturated carbocycles. The Morgan fingerprint density at radius 1 is 1.12 bits per heavy atom. The monoisotopic (exact) mass is 392 g/mol. The summed E-state index contributed by atoms with van der Waals surface area (Å²) in [6, 6.07) is 8.44. The standard InChI is InChI=1S/C17H19FN6S2/c18-15-2-1-3-16(10-15)24-17(25)23(19-20-24)13-22-7-5-21(6-8-22)11-14-4-9-26-12-14/h1-4,9-10,12H,5-8,11,13H2/p+2. The summed E-state index contributed by atoms with van der Waals surface area (Å²) < 4.78 is 17.2. The van der Waals surface area contributed by atoms with Gasteiger partial charge in [0.15, 0.2) is 6.67 Å². The Balaban J connectivity index is 1.37. The molecule has 3 heterocycles. The van der Waals surface area contributed by atoms with Crippen LogP contribution in [0.3, 0.4) is 0 Å². The van der Waals surface area contributed by atoms with Gasteiger partial charge in [-0.15, -0.1) is 0 Å². The molecule has 0 aliphatic carbocycles. The van der Waals surface area contributed by atoms with E-state index in [2.05, 4.69) is 27.3 Å². The molecule has 3 aromatic rings. The lowest BCUT2D eigenvalue weighted by Gasteiger charge is -2.29. The van der Waals surface area contributed by atoms with Crippen molar-refractivity contribution in [3.05, 3.63) is 57.2 Å². The fraction of sp³-hybridized carbons (Fsp3) is 0.353. The summed E-state index contributed by atoms with van der Waals surface area (Å²) in [5.41, 5.74) is 2.02. The molecule has 136 valence electrons. The molecule has 1 aliphatic heterocycles. The zero-order chi connectivity index (χ0) is 17.9. The minimum absolute atomic E-state index is 0.311. The summed E-state index contributed by atoms with van der Waals surface area (Å²) in [6.45, 7) is 6.22. The molecule has 0 radical (unpaired) electrons. The highest BCUT2D eigenvalue weighted by Gasteiger charge is 2.24. The molecular formula is C17H21FN6S2+2. The fourth-order valence-electron chi connectivity index (χ4n) is 3.33. The maximum absolute atomic E-state index is 13.4. The molecule has 1 aliphatic rings. The lowest BCUT2D eigenvalue weighted by atomic mass is 10.2. The number of hydrogen-bond acceptors (Lipinski definition) is 4. The van der Waals surface area contributed by atoms with Crippen LogP contribution in [0.15, 0.2) is 41.1 Å². The average Bonchev–Trinajstić information content (AvgIpc) is 3.27. The first-order valence-corrected chi connectivity index (χ1v) is 10.0. The quantitative estimate of drug-likeness (QED) is 0.598. The van der Waals surface area contributed by atoms with Gasteiger partial charge in [0.05, 0.1) is 5.69 Å². The van der Waals surface area contributed by atoms with E-state index in [4.69, 9.17) is 12.2 Å². The number of piperazine rings is 1. The van der Waals surface area contributed by atoms with E-state index in [9.17, 15) is 4.39 Å². The molecule has 26 heavy (non-hydrogen) atoms. The van der Waals surface area contributed by atoms with Crippen molar-refractivity contribution >= 4 is 23.6 Å². The van der Waals surface area contributed by atoms with Gasteiger partial charge < -0.3 is 9.80 Å². The molecule has 0 atom stereocenters. The maximum atomic E-state index is 13.4. The van der Waals surface area contributed by atoms with Crippen molar-refractivity contribution in [1.82, 2.24) is 19.8 Å². The highest BCUT2D eigenvalue weighted by molar-refractivity contribution is 7.71. The second-order valence-electron chi connectivity index (χ2n) is 6.62. The Hall–Kier alpha value is -1.94. The van der Waals surface area contributed by atoms with Crippen molar-refractivity contribution < 1.29 is 14.2 Å². The van der Waals surface area contributed by atoms with Crippen LogP contribution >= 0.6 is 23.6 Å². The van der Waals surface area contributed by atoms with Crippen molar-refractivity contribution in [3.63, 3.8) is 0 Å². The van der Waals surface area contributed by atoms with Crippen LogP contribution in [0.4, 0.5) is 4.39 Å². The van der Waals surface area contributed by atoms with Gasteiger partial charge in [-0.3, -0.25) is 0 Å². The first kappa shape index (κ1) is 17.5. The Labute approximate surface area is 160 Å². The topological polar surface area (TPSA) is 44.5 Å². The molecule has 6 nitrogen and oxygen atoms in total. The second kappa shape index (κ2) is 7.75. The van der Waals surface area contributed by atoms with Crippen molar-refractivity contribution in [2.24, 2.45) is 0 Å². The third-order valence-electron chi connectivity index (χ3n) is 4.76. The average molecular weight is 393 g/mol. The number of halogens is 1. The van der Waals surface area contributed by atoms with E-state index in [1.807, 2.05) is 0 Å². The van der Waals surface area contributed by atoms with Crippen LogP contribution < -0.4 is 9.80 Å². The Kier molecular flexibility index (Phi) is 5.21. The molecule has 2 aromatic heterocycles. The molecule has 2 N–H and O–H groups in total. The minimum Gasteiger partial charge on any atom is -0.322 e. The van der Waals surface area contributed by atoms with Crippen LogP contribution in [0, 0.1) is 10.6 Å². The van der Waals surface area contributed by atoms with Gasteiger partial charge in [0, 0.05) is 5.56 Å². The number of hydrogen-bond donors (Lipinski definition) is 2. The summed E-state index contributed by atoms with van der Waals surface area (Å²) in [5.74, 6) is -0.311. The lowest BCUT2D eigenvalue weighted by Crippen LogP contribution is -3.27. The molecule has 1 aromatic carbocycles. The summed E-state index contributed by atoms with van der Waals surface area (Å²) >= 11 is 7.24. The van der Waals surface area contributed by atoms with E-state index < -0.39 is 0 Å². The molecule has 0 amide bonds. The van der Waals surface area contributed by atoms with Crippen LogP contribution in [0.1, 0.15) is 5.56 Å². The largest absolute Gasteiger partial charge is 0.322 e. The molecule has 0 unspecified atom stereocenters. The number of nitrogens with zero attached hydrogens (tertiary/aromatic N) is 4. The molecule has 4 rings (SSSR count). The highest BCUT2D eigenvalue weighted by atomic mass is 32.1. The second-order valence-corrected chi connectivity index (χ2v) is 7.76. The predicted octanol–water partition coefficient (Wildman–Crippen LogP) is -0.0600. The molecule has 0 bridgehead atoms. The fourth-order valence-corrected chi connectivity index (χ4v) is 4.24. The number of rotatable bonds is 5. The number of tetrazole rings is 1. The van der Waals surface area contributed by atoms with Crippen molar-refractivity contribution in [3.8, 4) is 5.69 Å². The van der Waals surface area contributed by atoms with Crippen molar-refractivity contribution in [1.29, 1.82) is 0 Å². The first-order chi connectivity index (χ1) is 12.7. The third kappa shape index (κ3) is 3.90. The Bertz CT molecular complexity index is 911. The third-order valence-corrected chi connectivity index (χ3v) is 5.88. The van der Waals surface area contributed by atoms with Crippen LogP contribution in [-0.2, 0) is 13.2 Å². The minimum atomic E-state index is -0.311. The lowest BCUT2D eigenvalue weighted by molar-refractivity contribution is -1.03. The highest BCUT2D eigenvalue weighted by Crippen LogP contribution is 2.08. The van der Waals surface area contributed by atoms with Gasteiger partial charge in [0.1, 0.15) is 38.5 Å². The van der Waals surface area contributed by atoms with E-state index >= 15 is 0 Å². The number of aromatic nitrogens is 4. The van der Waals surface area contributed by atoms with Crippen LogP contribution in [0.25, 0.3) is 5.69 Å². The number of nitrogens with one attached hydrogen (secondary N) is 2. The Morgan fingerprint density at radius 3 is 2.65 bits per heavy atom. The van der Waals surface area contributed by atoms with Gasteiger partial charge in [0.25, 0.3) is 0 Å².